The molecule has 6 nitrogen and oxygen atoms in total. The van der Waals surface area contributed by atoms with Crippen LogP contribution >= 0.6 is 0 Å². The summed E-state index contributed by atoms with van der Waals surface area (Å²) in [7, 11) is 0. The van der Waals surface area contributed by atoms with E-state index >= 15 is 0 Å². The van der Waals surface area contributed by atoms with Crippen molar-refractivity contribution in [1.29, 1.82) is 0 Å². The molecule has 1 aromatic carbocycles. The molecule has 0 bridgehead atoms. The first kappa shape index (κ1) is 19.7. The van der Waals surface area contributed by atoms with Crippen molar-refractivity contribution in [3.05, 3.63) is 47.3 Å². The molecule has 0 atom stereocenters. The third kappa shape index (κ3) is 4.52. The number of nitrogens with zero attached hydrogens (tertiary/aromatic N) is 5. The van der Waals surface area contributed by atoms with Crippen LogP contribution in [-0.2, 0) is 0 Å². The predicted molar refractivity (Wildman–Crippen MR) is 117 cm³/mol. The van der Waals surface area contributed by atoms with Crippen LogP contribution in [0.25, 0.3) is 0 Å². The summed E-state index contributed by atoms with van der Waals surface area (Å²) in [6.07, 6.45) is 2.15. The normalized spacial score (nSPS) is 18.2. The number of anilines is 2. The highest BCUT2D eigenvalue weighted by atomic mass is 16.2. The van der Waals surface area contributed by atoms with E-state index in [2.05, 4.69) is 57.9 Å². The zero-order valence-electron chi connectivity index (χ0n) is 17.8. The lowest BCUT2D eigenvalue weighted by Gasteiger charge is -2.36. The fourth-order valence-electron chi connectivity index (χ4n) is 4.17. The van der Waals surface area contributed by atoms with Gasteiger partial charge in [0, 0.05) is 50.6 Å². The van der Waals surface area contributed by atoms with Crippen LogP contribution in [0.1, 0.15) is 41.5 Å². The van der Waals surface area contributed by atoms with Gasteiger partial charge in [0.15, 0.2) is 0 Å². The van der Waals surface area contributed by atoms with Crippen molar-refractivity contribution in [2.75, 3.05) is 49.1 Å². The van der Waals surface area contributed by atoms with Crippen molar-refractivity contribution >= 4 is 17.5 Å². The van der Waals surface area contributed by atoms with Crippen molar-refractivity contribution < 1.29 is 4.79 Å². The average Bonchev–Trinajstić information content (AvgIpc) is 2.73. The summed E-state index contributed by atoms with van der Waals surface area (Å²) in [5.41, 5.74) is 3.93. The van der Waals surface area contributed by atoms with E-state index in [1.54, 1.807) is 0 Å². The van der Waals surface area contributed by atoms with Crippen molar-refractivity contribution in [3.63, 3.8) is 0 Å². The number of hydrogen-bond donors (Lipinski definition) is 0. The summed E-state index contributed by atoms with van der Waals surface area (Å²) < 4.78 is 0. The van der Waals surface area contributed by atoms with Crippen LogP contribution in [-0.4, -0.2) is 60.0 Å². The van der Waals surface area contributed by atoms with Crippen LogP contribution in [0.4, 0.5) is 11.6 Å². The number of amides is 1. The second kappa shape index (κ2) is 8.39. The lowest BCUT2D eigenvalue weighted by molar-refractivity contribution is 0.0691. The van der Waals surface area contributed by atoms with Crippen LogP contribution in [0.5, 0.6) is 0 Å². The Morgan fingerprint density at radius 2 is 1.62 bits per heavy atom. The van der Waals surface area contributed by atoms with Crippen molar-refractivity contribution in [1.82, 2.24) is 14.9 Å². The van der Waals surface area contributed by atoms with Gasteiger partial charge in [-0.1, -0.05) is 19.1 Å². The van der Waals surface area contributed by atoms with Crippen LogP contribution in [0.2, 0.25) is 0 Å². The van der Waals surface area contributed by atoms with E-state index in [1.807, 2.05) is 17.9 Å². The SMILES string of the molecule is Cc1cccc(N2CCN(c3nc(C)cc(C(=O)N4CCC(C)CC4)n3)CC2)c1. The first-order valence-electron chi connectivity index (χ1n) is 10.7. The lowest BCUT2D eigenvalue weighted by atomic mass is 9.99. The molecule has 2 fully saturated rings. The average molecular weight is 394 g/mol. The van der Waals surface area contributed by atoms with E-state index in [1.165, 1.54) is 11.3 Å². The standard InChI is InChI=1S/C23H31N5O/c1-17-7-9-27(10-8-17)22(29)21-16-19(3)24-23(25-21)28-13-11-26(12-14-28)20-6-4-5-18(2)15-20/h4-6,15-17H,7-14H2,1-3H3. The number of likely N-dealkylation sites (tertiary alicyclic amines) is 1. The maximum Gasteiger partial charge on any atom is 0.272 e. The minimum Gasteiger partial charge on any atom is -0.368 e. The molecule has 2 aliphatic rings. The first-order valence-corrected chi connectivity index (χ1v) is 10.7. The Morgan fingerprint density at radius 1 is 0.931 bits per heavy atom. The van der Waals surface area contributed by atoms with Crippen molar-refractivity contribution in [3.8, 4) is 0 Å². The summed E-state index contributed by atoms with van der Waals surface area (Å²) in [4.78, 5) is 28.8. The Morgan fingerprint density at radius 3 is 2.31 bits per heavy atom. The van der Waals surface area contributed by atoms with Gasteiger partial charge in [-0.2, -0.15) is 0 Å². The highest BCUT2D eigenvalue weighted by Gasteiger charge is 2.25. The monoisotopic (exact) mass is 393 g/mol. The Bertz CT molecular complexity index is 867. The fraction of sp³-hybridized carbons (Fsp3) is 0.522. The van der Waals surface area contributed by atoms with Gasteiger partial charge in [0.25, 0.3) is 5.91 Å². The highest BCUT2D eigenvalue weighted by molar-refractivity contribution is 5.92. The quantitative estimate of drug-likeness (QED) is 0.801. The molecule has 0 saturated carbocycles. The Balaban J connectivity index is 1.45. The number of piperidine rings is 1. The first-order chi connectivity index (χ1) is 14.0. The van der Waals surface area contributed by atoms with E-state index in [4.69, 9.17) is 0 Å². The van der Waals surface area contributed by atoms with Gasteiger partial charge in [0.1, 0.15) is 5.69 Å². The highest BCUT2D eigenvalue weighted by Crippen LogP contribution is 2.21. The van der Waals surface area contributed by atoms with E-state index in [-0.39, 0.29) is 5.91 Å². The molecule has 0 radical (unpaired) electrons. The third-order valence-corrected chi connectivity index (χ3v) is 6.06. The van der Waals surface area contributed by atoms with Crippen LogP contribution in [0.3, 0.4) is 0 Å². The van der Waals surface area contributed by atoms with Crippen molar-refractivity contribution in [2.45, 2.75) is 33.6 Å². The number of piperazine rings is 1. The predicted octanol–water partition coefficient (Wildman–Crippen LogP) is 3.29. The molecule has 0 aliphatic carbocycles. The minimum absolute atomic E-state index is 0.0436. The van der Waals surface area contributed by atoms with Gasteiger partial charge in [-0.3, -0.25) is 4.79 Å². The van der Waals surface area contributed by atoms with E-state index < -0.39 is 0 Å². The van der Waals surface area contributed by atoms with Gasteiger partial charge >= 0.3 is 0 Å². The molecule has 6 heteroatoms. The summed E-state index contributed by atoms with van der Waals surface area (Å²) >= 11 is 0. The third-order valence-electron chi connectivity index (χ3n) is 6.06. The Kier molecular flexibility index (Phi) is 5.69. The second-order valence-electron chi connectivity index (χ2n) is 8.48. The topological polar surface area (TPSA) is 52.6 Å². The molecular weight excluding hydrogens is 362 g/mol. The van der Waals surface area contributed by atoms with Gasteiger partial charge in [0.2, 0.25) is 5.95 Å². The van der Waals surface area contributed by atoms with Crippen LogP contribution in [0, 0.1) is 19.8 Å². The fourth-order valence-corrected chi connectivity index (χ4v) is 4.17. The Hall–Kier alpha value is -2.63. The summed E-state index contributed by atoms with van der Waals surface area (Å²) in [5, 5.41) is 0. The Labute approximate surface area is 173 Å². The number of hydrogen-bond acceptors (Lipinski definition) is 5. The molecule has 2 aliphatic heterocycles. The van der Waals surface area contributed by atoms with E-state index in [9.17, 15) is 4.79 Å². The molecular formula is C23H31N5O. The molecule has 1 amide bonds. The molecule has 2 aromatic rings. The maximum absolute atomic E-state index is 13.0. The number of carbonyl (C=O) groups is 1. The van der Waals surface area contributed by atoms with Gasteiger partial charge < -0.3 is 14.7 Å². The largest absolute Gasteiger partial charge is 0.368 e. The van der Waals surface area contributed by atoms with E-state index in [0.717, 1.165) is 57.8 Å². The molecule has 4 rings (SSSR count). The number of rotatable bonds is 3. The number of carbonyl (C=O) groups excluding carboxylic acids is 1. The maximum atomic E-state index is 13.0. The van der Waals surface area contributed by atoms with Gasteiger partial charge in [-0.25, -0.2) is 9.97 Å². The van der Waals surface area contributed by atoms with Gasteiger partial charge in [0.05, 0.1) is 0 Å². The summed E-state index contributed by atoms with van der Waals surface area (Å²) in [6.45, 7) is 11.5. The second-order valence-corrected chi connectivity index (χ2v) is 8.48. The zero-order chi connectivity index (χ0) is 20.4. The number of aryl methyl sites for hydroxylation is 2. The molecule has 1 aromatic heterocycles. The summed E-state index contributed by atoms with van der Waals surface area (Å²) in [5.74, 6) is 1.43. The molecule has 3 heterocycles. The lowest BCUT2D eigenvalue weighted by Crippen LogP contribution is -2.47. The molecule has 154 valence electrons. The number of aromatic nitrogens is 2. The van der Waals surface area contributed by atoms with Gasteiger partial charge in [-0.05, 0) is 56.4 Å². The molecule has 0 unspecified atom stereocenters. The molecule has 0 N–H and O–H groups in total. The molecule has 2 saturated heterocycles. The van der Waals surface area contributed by atoms with Crippen LogP contribution in [0.15, 0.2) is 30.3 Å². The van der Waals surface area contributed by atoms with Gasteiger partial charge in [-0.15, -0.1) is 0 Å². The van der Waals surface area contributed by atoms with E-state index in [0.29, 0.717) is 17.6 Å². The van der Waals surface area contributed by atoms with Crippen molar-refractivity contribution in [2.24, 2.45) is 5.92 Å². The molecule has 29 heavy (non-hydrogen) atoms. The minimum atomic E-state index is 0.0436. The summed E-state index contributed by atoms with van der Waals surface area (Å²) in [6, 6.07) is 10.5. The number of benzene rings is 1. The van der Waals surface area contributed by atoms with Crippen LogP contribution < -0.4 is 9.80 Å². The smallest absolute Gasteiger partial charge is 0.272 e. The molecule has 0 spiro atoms. The zero-order valence-corrected chi connectivity index (χ0v) is 17.8.